The smallest absolute Gasteiger partial charge is 0.273 e. The summed E-state index contributed by atoms with van der Waals surface area (Å²) in [5, 5.41) is 15.5. The van der Waals surface area contributed by atoms with Gasteiger partial charge in [-0.05, 0) is 47.9 Å². The molecule has 9 heteroatoms. The first kappa shape index (κ1) is 22.1. The summed E-state index contributed by atoms with van der Waals surface area (Å²) in [5.41, 5.74) is 0.976. The number of morpholine rings is 1. The fraction of sp³-hybridized carbons (Fsp3) is 0.304. The Morgan fingerprint density at radius 3 is 2.50 bits per heavy atom. The molecule has 0 amide bonds. The van der Waals surface area contributed by atoms with Crippen molar-refractivity contribution < 1.29 is 9.47 Å². The zero-order chi connectivity index (χ0) is 22.3. The van der Waals surface area contributed by atoms with Gasteiger partial charge in [0.1, 0.15) is 27.9 Å². The van der Waals surface area contributed by atoms with Crippen LogP contribution in [0.2, 0.25) is 0 Å². The van der Waals surface area contributed by atoms with E-state index in [0.717, 1.165) is 50.0 Å². The van der Waals surface area contributed by atoms with Gasteiger partial charge >= 0.3 is 0 Å². The van der Waals surface area contributed by atoms with Gasteiger partial charge < -0.3 is 20.1 Å². The number of anilines is 2. The third kappa shape index (κ3) is 5.56. The molecule has 1 aliphatic heterocycles. The molecule has 1 aromatic heterocycles. The van der Waals surface area contributed by atoms with Crippen LogP contribution in [0.15, 0.2) is 59.4 Å². The lowest BCUT2D eigenvalue weighted by atomic mass is 10.2. The van der Waals surface area contributed by atoms with Crippen LogP contribution in [0.5, 0.6) is 11.5 Å². The Hall–Kier alpha value is -3.14. The molecule has 3 N–H and O–H groups in total. The molecule has 0 spiro atoms. The van der Waals surface area contributed by atoms with E-state index in [4.69, 9.17) is 14.9 Å². The van der Waals surface area contributed by atoms with E-state index in [0.29, 0.717) is 17.1 Å². The van der Waals surface area contributed by atoms with E-state index in [1.165, 1.54) is 15.5 Å². The van der Waals surface area contributed by atoms with Crippen LogP contribution in [0.1, 0.15) is 5.56 Å². The molecule has 4 rings (SSSR count). The van der Waals surface area contributed by atoms with Crippen LogP contribution in [0.25, 0.3) is 0 Å². The van der Waals surface area contributed by atoms with Gasteiger partial charge in [-0.15, -0.1) is 0 Å². The maximum absolute atomic E-state index is 12.6. The van der Waals surface area contributed by atoms with Gasteiger partial charge in [-0.1, -0.05) is 18.2 Å². The average Bonchev–Trinajstić information content (AvgIpc) is 3.09. The molecule has 3 aromatic rings. The number of aryl methyl sites for hydroxylation is 1. The maximum atomic E-state index is 12.6. The number of aromatic nitrogens is 1. The lowest BCUT2D eigenvalue weighted by Gasteiger charge is -2.26. The van der Waals surface area contributed by atoms with Crippen molar-refractivity contribution in [3.63, 3.8) is 0 Å². The Bertz CT molecular complexity index is 1090. The molecule has 0 aliphatic carbocycles. The molecule has 2 aromatic carbocycles. The van der Waals surface area contributed by atoms with E-state index in [2.05, 4.69) is 15.5 Å². The van der Waals surface area contributed by atoms with Crippen molar-refractivity contribution in [2.45, 2.75) is 0 Å². The number of para-hydroxylation sites is 1. The van der Waals surface area contributed by atoms with Crippen molar-refractivity contribution >= 4 is 28.1 Å². The average molecular weight is 454 g/mol. The molecule has 1 aliphatic rings. The van der Waals surface area contributed by atoms with Crippen LogP contribution in [-0.4, -0.2) is 54.1 Å². The highest BCUT2D eigenvalue weighted by Gasteiger charge is 2.19. The number of benzene rings is 2. The van der Waals surface area contributed by atoms with Crippen LogP contribution in [-0.2, 0) is 11.8 Å². The summed E-state index contributed by atoms with van der Waals surface area (Å²) in [6.07, 6.45) is 0. The van der Waals surface area contributed by atoms with Gasteiger partial charge in [0.2, 0.25) is 0 Å². The highest BCUT2D eigenvalue weighted by atomic mass is 32.1. The minimum atomic E-state index is -0.189. The number of hydrogen-bond acceptors (Lipinski definition) is 7. The lowest BCUT2D eigenvalue weighted by molar-refractivity contribution is 0.0389. The van der Waals surface area contributed by atoms with Gasteiger partial charge in [0.15, 0.2) is 0 Å². The SMILES string of the molecule is Cn1sc(Nc2ccc(Oc3ccccc3)cc2)c(C(=N)NCCN2CCOCC2)c1=O. The van der Waals surface area contributed by atoms with E-state index in [-0.39, 0.29) is 11.4 Å². The molecular weight excluding hydrogens is 426 g/mol. The van der Waals surface area contributed by atoms with Gasteiger partial charge in [-0.2, -0.15) is 0 Å². The van der Waals surface area contributed by atoms with Crippen LogP contribution >= 0.6 is 11.5 Å². The van der Waals surface area contributed by atoms with Crippen molar-refractivity contribution in [3.8, 4) is 11.5 Å². The van der Waals surface area contributed by atoms with Crippen molar-refractivity contribution in [3.05, 3.63) is 70.5 Å². The third-order valence-electron chi connectivity index (χ3n) is 5.13. The molecule has 0 bridgehead atoms. The molecule has 8 nitrogen and oxygen atoms in total. The number of amidine groups is 1. The minimum Gasteiger partial charge on any atom is -0.457 e. The molecule has 2 heterocycles. The Labute approximate surface area is 191 Å². The van der Waals surface area contributed by atoms with Gasteiger partial charge in [0, 0.05) is 38.9 Å². The topological polar surface area (TPSA) is 91.6 Å². The number of nitrogens with one attached hydrogen (secondary N) is 3. The van der Waals surface area contributed by atoms with Crippen molar-refractivity contribution in [2.75, 3.05) is 44.7 Å². The van der Waals surface area contributed by atoms with E-state index >= 15 is 0 Å². The molecule has 32 heavy (non-hydrogen) atoms. The first-order valence-corrected chi connectivity index (χ1v) is 11.3. The van der Waals surface area contributed by atoms with Crippen molar-refractivity contribution in [1.82, 2.24) is 14.2 Å². The Kier molecular flexibility index (Phi) is 7.21. The summed E-state index contributed by atoms with van der Waals surface area (Å²) in [7, 11) is 1.71. The van der Waals surface area contributed by atoms with Crippen LogP contribution in [0.3, 0.4) is 0 Å². The highest BCUT2D eigenvalue weighted by molar-refractivity contribution is 7.11. The summed E-state index contributed by atoms with van der Waals surface area (Å²) < 4.78 is 12.7. The molecule has 168 valence electrons. The largest absolute Gasteiger partial charge is 0.457 e. The zero-order valence-electron chi connectivity index (χ0n) is 18.0. The van der Waals surface area contributed by atoms with Crippen LogP contribution in [0, 0.1) is 5.41 Å². The van der Waals surface area contributed by atoms with Gasteiger partial charge in [0.25, 0.3) is 5.56 Å². The second-order valence-electron chi connectivity index (χ2n) is 7.42. The van der Waals surface area contributed by atoms with E-state index in [1.54, 1.807) is 7.05 Å². The quantitative estimate of drug-likeness (QED) is 0.358. The summed E-state index contributed by atoms with van der Waals surface area (Å²) in [6.45, 7) is 4.68. The first-order valence-electron chi connectivity index (χ1n) is 10.5. The Balaban J connectivity index is 1.39. The molecule has 1 saturated heterocycles. The summed E-state index contributed by atoms with van der Waals surface area (Å²) in [5.74, 6) is 1.63. The number of ether oxygens (including phenoxy) is 2. The summed E-state index contributed by atoms with van der Waals surface area (Å²) >= 11 is 1.29. The van der Waals surface area contributed by atoms with E-state index in [9.17, 15) is 4.79 Å². The molecule has 1 fully saturated rings. The molecule has 0 atom stereocenters. The highest BCUT2D eigenvalue weighted by Crippen LogP contribution is 2.27. The summed E-state index contributed by atoms with van der Waals surface area (Å²) in [4.78, 5) is 14.9. The minimum absolute atomic E-state index is 0.131. The van der Waals surface area contributed by atoms with Crippen LogP contribution in [0.4, 0.5) is 10.7 Å². The Morgan fingerprint density at radius 1 is 1.09 bits per heavy atom. The van der Waals surface area contributed by atoms with Crippen molar-refractivity contribution in [1.29, 1.82) is 5.41 Å². The third-order valence-corrected chi connectivity index (χ3v) is 6.06. The fourth-order valence-electron chi connectivity index (χ4n) is 3.40. The normalized spacial score (nSPS) is 14.2. The number of hydrogen-bond donors (Lipinski definition) is 3. The number of rotatable bonds is 8. The van der Waals surface area contributed by atoms with E-state index < -0.39 is 0 Å². The zero-order valence-corrected chi connectivity index (χ0v) is 18.8. The monoisotopic (exact) mass is 453 g/mol. The van der Waals surface area contributed by atoms with Crippen LogP contribution < -0.4 is 20.9 Å². The lowest BCUT2D eigenvalue weighted by Crippen LogP contribution is -2.42. The van der Waals surface area contributed by atoms with Gasteiger partial charge in [-0.25, -0.2) is 0 Å². The molecule has 0 saturated carbocycles. The standard InChI is InChI=1S/C23H27N5O3S/c1-27-23(29)20(21(24)25-11-12-28-13-15-30-16-14-28)22(32-27)26-17-7-9-19(10-8-17)31-18-5-3-2-4-6-18/h2-10,26H,11-16H2,1H3,(H2,24,25). The molecular formula is C23H27N5O3S. The summed E-state index contributed by atoms with van der Waals surface area (Å²) in [6, 6.07) is 17.1. The molecule has 0 unspecified atom stereocenters. The number of nitrogens with zero attached hydrogens (tertiary/aromatic N) is 2. The predicted octanol–water partition coefficient (Wildman–Crippen LogP) is 3.23. The second kappa shape index (κ2) is 10.4. The van der Waals surface area contributed by atoms with Gasteiger partial charge in [0.05, 0.1) is 13.2 Å². The predicted molar refractivity (Wildman–Crippen MR) is 128 cm³/mol. The Morgan fingerprint density at radius 2 is 1.78 bits per heavy atom. The van der Waals surface area contributed by atoms with E-state index in [1.807, 2.05) is 54.6 Å². The second-order valence-corrected chi connectivity index (χ2v) is 8.56. The first-order chi connectivity index (χ1) is 15.6. The van der Waals surface area contributed by atoms with Crippen molar-refractivity contribution in [2.24, 2.45) is 7.05 Å². The fourth-order valence-corrected chi connectivity index (χ4v) is 4.29. The maximum Gasteiger partial charge on any atom is 0.273 e. The van der Waals surface area contributed by atoms with Gasteiger partial charge in [-0.3, -0.25) is 19.1 Å². The molecule has 0 radical (unpaired) electrons.